The van der Waals surface area contributed by atoms with Gasteiger partial charge in [-0.1, -0.05) is 12.1 Å². The summed E-state index contributed by atoms with van der Waals surface area (Å²) in [5.41, 5.74) is 3.19. The quantitative estimate of drug-likeness (QED) is 0.706. The van der Waals surface area contributed by atoms with E-state index in [1.54, 1.807) is 6.20 Å². The molecule has 2 heterocycles. The minimum absolute atomic E-state index is 0.135. The van der Waals surface area contributed by atoms with E-state index in [0.29, 0.717) is 5.56 Å². The number of benzene rings is 1. The van der Waals surface area contributed by atoms with Gasteiger partial charge in [0.2, 0.25) is 0 Å². The molecule has 1 N–H and O–H groups in total. The van der Waals surface area contributed by atoms with Crippen LogP contribution in [0.5, 0.6) is 0 Å². The Morgan fingerprint density at radius 2 is 2.06 bits per heavy atom. The van der Waals surface area contributed by atoms with Gasteiger partial charge >= 0.3 is 0 Å². The second-order valence-corrected chi connectivity index (χ2v) is 4.15. The molecule has 2 aromatic heterocycles. The Labute approximate surface area is 103 Å². The van der Waals surface area contributed by atoms with Crippen molar-refractivity contribution in [1.29, 1.82) is 0 Å². The molecule has 3 aromatic rings. The zero-order valence-corrected chi connectivity index (χ0v) is 9.84. The number of aromatic amines is 1. The molecule has 88 valence electrons. The van der Waals surface area contributed by atoms with Crippen LogP contribution < -0.4 is 5.56 Å². The average Bonchev–Trinajstić information content (AvgIpc) is 2.39. The molecule has 0 radical (unpaired) electrons. The molecular formula is C14H11N3O. The third-order valence-corrected chi connectivity index (χ3v) is 2.86. The summed E-state index contributed by atoms with van der Waals surface area (Å²) in [6.07, 6.45) is 2.96. The summed E-state index contributed by atoms with van der Waals surface area (Å²) >= 11 is 0. The van der Waals surface area contributed by atoms with Crippen molar-refractivity contribution in [2.45, 2.75) is 6.92 Å². The fourth-order valence-corrected chi connectivity index (χ4v) is 1.94. The minimum atomic E-state index is -0.135. The molecule has 0 atom stereocenters. The number of aromatic nitrogens is 3. The second kappa shape index (κ2) is 4.07. The lowest BCUT2D eigenvalue weighted by Crippen LogP contribution is -2.08. The van der Waals surface area contributed by atoms with Crippen LogP contribution in [0.4, 0.5) is 0 Å². The average molecular weight is 237 g/mol. The van der Waals surface area contributed by atoms with Crippen molar-refractivity contribution >= 4 is 10.9 Å². The topological polar surface area (TPSA) is 58.6 Å². The third kappa shape index (κ3) is 1.78. The molecular weight excluding hydrogens is 226 g/mol. The highest BCUT2D eigenvalue weighted by Crippen LogP contribution is 2.20. The number of hydrogen-bond acceptors (Lipinski definition) is 3. The Hall–Kier alpha value is -2.49. The van der Waals surface area contributed by atoms with Crippen LogP contribution >= 0.6 is 0 Å². The lowest BCUT2D eigenvalue weighted by molar-refractivity contribution is 1.12. The van der Waals surface area contributed by atoms with Crippen LogP contribution in [-0.2, 0) is 0 Å². The lowest BCUT2D eigenvalue weighted by Gasteiger charge is -2.03. The molecule has 0 fully saturated rings. The van der Waals surface area contributed by atoms with Gasteiger partial charge in [0.25, 0.3) is 5.56 Å². The molecule has 4 nitrogen and oxygen atoms in total. The van der Waals surface area contributed by atoms with Crippen LogP contribution in [0.15, 0.2) is 47.7 Å². The maximum atomic E-state index is 11.7. The predicted molar refractivity (Wildman–Crippen MR) is 70.3 cm³/mol. The molecule has 0 spiro atoms. The summed E-state index contributed by atoms with van der Waals surface area (Å²) in [5.74, 6) is 0. The van der Waals surface area contributed by atoms with E-state index in [2.05, 4.69) is 15.0 Å². The summed E-state index contributed by atoms with van der Waals surface area (Å²) < 4.78 is 0. The fourth-order valence-electron chi connectivity index (χ4n) is 1.94. The largest absolute Gasteiger partial charge is 0.313 e. The van der Waals surface area contributed by atoms with Crippen molar-refractivity contribution < 1.29 is 0 Å². The van der Waals surface area contributed by atoms with Crippen LogP contribution in [0.3, 0.4) is 0 Å². The molecule has 0 unspecified atom stereocenters. The first-order valence-electron chi connectivity index (χ1n) is 5.64. The Balaban J connectivity index is 2.23. The highest BCUT2D eigenvalue weighted by molar-refractivity contribution is 5.84. The van der Waals surface area contributed by atoms with Crippen LogP contribution in [0.2, 0.25) is 0 Å². The fraction of sp³-hybridized carbons (Fsp3) is 0.0714. The van der Waals surface area contributed by atoms with E-state index in [0.717, 1.165) is 22.2 Å². The van der Waals surface area contributed by atoms with E-state index >= 15 is 0 Å². The van der Waals surface area contributed by atoms with Crippen LogP contribution in [-0.4, -0.2) is 15.0 Å². The molecule has 0 aliphatic rings. The zero-order chi connectivity index (χ0) is 12.5. The Morgan fingerprint density at radius 1 is 1.17 bits per heavy atom. The number of pyridine rings is 1. The number of fused-ring (bicyclic) bond motifs is 1. The van der Waals surface area contributed by atoms with Gasteiger partial charge in [0.15, 0.2) is 0 Å². The Bertz CT molecular complexity index is 777. The first kappa shape index (κ1) is 10.7. The molecule has 0 aliphatic carbocycles. The van der Waals surface area contributed by atoms with Crippen molar-refractivity contribution in [3.8, 4) is 11.1 Å². The van der Waals surface area contributed by atoms with Gasteiger partial charge in [-0.3, -0.25) is 9.78 Å². The summed E-state index contributed by atoms with van der Waals surface area (Å²) in [7, 11) is 0. The monoisotopic (exact) mass is 237 g/mol. The molecule has 0 aliphatic heterocycles. The van der Waals surface area contributed by atoms with E-state index in [-0.39, 0.29) is 5.56 Å². The van der Waals surface area contributed by atoms with E-state index in [1.807, 2.05) is 37.3 Å². The van der Waals surface area contributed by atoms with E-state index in [1.165, 1.54) is 6.33 Å². The smallest absolute Gasteiger partial charge is 0.258 e. The number of H-pyrrole nitrogens is 1. The van der Waals surface area contributed by atoms with Gasteiger partial charge in [-0.2, -0.15) is 0 Å². The minimum Gasteiger partial charge on any atom is -0.313 e. The number of nitrogens with one attached hydrogen (secondary N) is 1. The highest BCUT2D eigenvalue weighted by Gasteiger charge is 2.04. The van der Waals surface area contributed by atoms with E-state index in [9.17, 15) is 4.79 Å². The normalized spacial score (nSPS) is 10.7. The SMILES string of the molecule is Cc1ccc2cc(-c3cnc[nH]c3=O)ccc2n1. The van der Waals surface area contributed by atoms with Gasteiger partial charge in [-0.25, -0.2) is 4.98 Å². The molecule has 0 saturated carbocycles. The molecule has 0 bridgehead atoms. The van der Waals surface area contributed by atoms with E-state index in [4.69, 9.17) is 0 Å². The van der Waals surface area contributed by atoms with Gasteiger partial charge < -0.3 is 4.98 Å². The number of aryl methyl sites for hydroxylation is 1. The zero-order valence-electron chi connectivity index (χ0n) is 9.84. The standard InChI is InChI=1S/C14H11N3O/c1-9-2-3-11-6-10(4-5-13(11)17-9)12-7-15-8-16-14(12)18/h2-8H,1H3,(H,15,16,18). The van der Waals surface area contributed by atoms with E-state index < -0.39 is 0 Å². The van der Waals surface area contributed by atoms with Crippen molar-refractivity contribution in [1.82, 2.24) is 15.0 Å². The first-order chi connectivity index (χ1) is 8.74. The Kier molecular flexibility index (Phi) is 2.41. The Morgan fingerprint density at radius 3 is 2.89 bits per heavy atom. The van der Waals surface area contributed by atoms with Crippen molar-refractivity contribution in [3.05, 3.63) is 58.9 Å². The van der Waals surface area contributed by atoms with Crippen LogP contribution in [0.25, 0.3) is 22.0 Å². The van der Waals surface area contributed by atoms with Crippen LogP contribution in [0, 0.1) is 6.92 Å². The maximum absolute atomic E-state index is 11.7. The highest BCUT2D eigenvalue weighted by atomic mass is 16.1. The first-order valence-corrected chi connectivity index (χ1v) is 5.64. The van der Waals surface area contributed by atoms with Crippen molar-refractivity contribution in [2.75, 3.05) is 0 Å². The van der Waals surface area contributed by atoms with Gasteiger partial charge in [-0.15, -0.1) is 0 Å². The third-order valence-electron chi connectivity index (χ3n) is 2.86. The van der Waals surface area contributed by atoms with Gasteiger partial charge in [0.05, 0.1) is 17.4 Å². The second-order valence-electron chi connectivity index (χ2n) is 4.15. The summed E-state index contributed by atoms with van der Waals surface area (Å²) in [4.78, 5) is 22.6. The van der Waals surface area contributed by atoms with Crippen molar-refractivity contribution in [3.63, 3.8) is 0 Å². The summed E-state index contributed by atoms with van der Waals surface area (Å²) in [6, 6.07) is 9.73. The molecule has 1 aromatic carbocycles. The predicted octanol–water partition coefficient (Wildman–Crippen LogP) is 2.29. The molecule has 3 rings (SSSR count). The van der Waals surface area contributed by atoms with Gasteiger partial charge in [0, 0.05) is 17.3 Å². The number of rotatable bonds is 1. The van der Waals surface area contributed by atoms with Gasteiger partial charge in [0.1, 0.15) is 0 Å². The number of hydrogen-bond donors (Lipinski definition) is 1. The lowest BCUT2D eigenvalue weighted by atomic mass is 10.1. The molecule has 0 amide bonds. The number of nitrogens with zero attached hydrogens (tertiary/aromatic N) is 2. The summed E-state index contributed by atoms with van der Waals surface area (Å²) in [5, 5.41) is 1.02. The molecule has 4 heteroatoms. The van der Waals surface area contributed by atoms with Crippen molar-refractivity contribution in [2.24, 2.45) is 0 Å². The van der Waals surface area contributed by atoms with Gasteiger partial charge in [-0.05, 0) is 30.7 Å². The van der Waals surface area contributed by atoms with Crippen LogP contribution in [0.1, 0.15) is 5.69 Å². The molecule has 18 heavy (non-hydrogen) atoms. The maximum Gasteiger partial charge on any atom is 0.258 e. The summed E-state index contributed by atoms with van der Waals surface area (Å²) in [6.45, 7) is 1.96. The molecule has 0 saturated heterocycles.